The highest BCUT2D eigenvalue weighted by molar-refractivity contribution is 7.20. The molecule has 21 rings (SSSR count). The monoisotopic (exact) mass is 1710 g/mol. The van der Waals surface area contributed by atoms with Gasteiger partial charge < -0.3 is 14.4 Å². The standard InChI is InChI=1S/C124H108BN3Si2/c1-121(2,3)95-61-51-85(52-62-95)90-75-91(86-53-63-96(64-54-86)122(4,5)6)78-100(77-90)127-116-83-108(129(102-35-19-13-20-36-102,103-37-21-14-22-38-103)104-39-23-15-24-40-104)71-73-112(116)125-113-74-72-109(130(105-41-25-16-26-42-105,106-43-27-17-28-44-106)107-45-29-18-30-46-107)84-117(113)128(101-79-92(87-55-65-97(66-56-87)123(7,8)9)76-93(80-101)88-57-67-98(68-58-88)124(10,11)12)119-82-94(81-118(127)120(119)125)89-59-69-99(70-60-89)126-114-49-33-31-47-110(114)111-48-32-34-50-115(111)126/h13-84H,1-12H3. The van der Waals surface area contributed by atoms with Gasteiger partial charge in [-0.3, -0.25) is 0 Å². The lowest BCUT2D eigenvalue weighted by Crippen LogP contribution is -2.75. The lowest BCUT2D eigenvalue weighted by atomic mass is 9.33. The Hall–Kier alpha value is -14.1. The second-order valence-electron chi connectivity index (χ2n) is 40.0. The van der Waals surface area contributed by atoms with E-state index in [-0.39, 0.29) is 28.4 Å². The third-order valence-electron chi connectivity index (χ3n) is 27.9. The number of rotatable bonds is 16. The molecule has 1 aromatic heterocycles. The van der Waals surface area contributed by atoms with Gasteiger partial charge in [0.1, 0.15) is 0 Å². The molecule has 0 unspecified atom stereocenters. The maximum atomic E-state index is 2.73. The molecule has 0 N–H and O–H groups in total. The lowest BCUT2D eigenvalue weighted by molar-refractivity contribution is 0.590. The van der Waals surface area contributed by atoms with Gasteiger partial charge in [-0.25, -0.2) is 0 Å². The van der Waals surface area contributed by atoms with Crippen LogP contribution in [0.4, 0.5) is 34.1 Å². The Labute approximate surface area is 770 Å². The van der Waals surface area contributed by atoms with Gasteiger partial charge in [0.15, 0.2) is 16.1 Å². The van der Waals surface area contributed by atoms with E-state index in [1.807, 2.05) is 0 Å². The Balaban J connectivity index is 0.928. The number of aromatic nitrogens is 1. The van der Waals surface area contributed by atoms with Crippen molar-refractivity contribution in [1.82, 2.24) is 4.57 Å². The number of hydrogen-bond donors (Lipinski definition) is 0. The van der Waals surface area contributed by atoms with Crippen LogP contribution in [0.1, 0.15) is 105 Å². The summed E-state index contributed by atoms with van der Waals surface area (Å²) in [4.78, 5) is 5.46. The smallest absolute Gasteiger partial charge is 0.252 e. The summed E-state index contributed by atoms with van der Waals surface area (Å²) in [5, 5.41) is 12.9. The number of benzene rings is 18. The molecule has 3 heterocycles. The Kier molecular flexibility index (Phi) is 20.7. The molecule has 3 nitrogen and oxygen atoms in total. The van der Waals surface area contributed by atoms with Gasteiger partial charge in [0.05, 0.1) is 11.0 Å². The number of para-hydroxylation sites is 2. The minimum absolute atomic E-state index is 0.0531. The molecule has 0 fully saturated rings. The van der Waals surface area contributed by atoms with E-state index in [0.29, 0.717) is 0 Å². The van der Waals surface area contributed by atoms with Gasteiger partial charge in [-0.15, -0.1) is 0 Å². The fraction of sp³-hybridized carbons (Fsp3) is 0.129. The van der Waals surface area contributed by atoms with Crippen LogP contribution in [0.15, 0.2) is 437 Å². The molecule has 0 spiro atoms. The molecule has 0 atom stereocenters. The summed E-state index contributed by atoms with van der Waals surface area (Å²) in [5.74, 6) is 0. The van der Waals surface area contributed by atoms with Crippen LogP contribution >= 0.6 is 0 Å². The number of anilines is 6. The molecule has 0 radical (unpaired) electrons. The number of fused-ring (bicyclic) bond motifs is 7. The van der Waals surface area contributed by atoms with E-state index >= 15 is 0 Å². The Bertz CT molecular complexity index is 6670. The third kappa shape index (κ3) is 14.5. The molecule has 6 heteroatoms. The van der Waals surface area contributed by atoms with Crippen LogP contribution in [0.3, 0.4) is 0 Å². The quantitative estimate of drug-likeness (QED) is 0.0706. The Morgan fingerprint density at radius 2 is 0.438 bits per heavy atom. The molecule has 19 aromatic rings. The normalized spacial score (nSPS) is 12.9. The molecule has 630 valence electrons. The SMILES string of the molecule is CC(C)(C)c1ccc(-c2cc(-c3ccc(C(C)(C)C)cc3)cc(N3c4cc([Si](c5ccccc5)(c5ccccc5)c5ccccc5)ccc4B4c5ccc([Si](c6ccccc6)(c6ccccc6)c6ccccc6)cc5N(c5cc(-c6ccc(C(C)(C)C)cc6)cc(-c6ccc(C(C)(C)C)cc6)c5)c5cc(-c6ccc(-n7c8ccccc8c8ccccc87)cc6)cc3c54)c2)cc1. The fourth-order valence-electron chi connectivity index (χ4n) is 21.1. The van der Waals surface area contributed by atoms with E-state index in [4.69, 9.17) is 0 Å². The van der Waals surface area contributed by atoms with Gasteiger partial charge in [0, 0.05) is 50.6 Å². The van der Waals surface area contributed by atoms with Crippen molar-refractivity contribution in [2.24, 2.45) is 0 Å². The molecule has 130 heavy (non-hydrogen) atoms. The van der Waals surface area contributed by atoms with E-state index < -0.39 is 16.1 Å². The molecular weight excluding hydrogens is 1600 g/mol. The molecule has 18 aromatic carbocycles. The van der Waals surface area contributed by atoms with Crippen LogP contribution in [0.2, 0.25) is 0 Å². The Morgan fingerprint density at radius 3 is 0.708 bits per heavy atom. The first-order chi connectivity index (χ1) is 63.0. The largest absolute Gasteiger partial charge is 0.311 e. The fourth-order valence-corrected chi connectivity index (χ4v) is 30.6. The van der Waals surface area contributed by atoms with Crippen LogP contribution in [-0.4, -0.2) is 27.4 Å². The van der Waals surface area contributed by atoms with Crippen molar-refractivity contribution in [3.63, 3.8) is 0 Å². The van der Waals surface area contributed by atoms with Gasteiger partial charge >= 0.3 is 0 Å². The maximum Gasteiger partial charge on any atom is 0.252 e. The zero-order valence-electron chi connectivity index (χ0n) is 76.5. The van der Waals surface area contributed by atoms with E-state index in [9.17, 15) is 0 Å². The van der Waals surface area contributed by atoms with Crippen LogP contribution in [0.5, 0.6) is 0 Å². The molecule has 2 aliphatic rings. The van der Waals surface area contributed by atoms with Crippen molar-refractivity contribution in [2.45, 2.75) is 105 Å². The summed E-state index contributed by atoms with van der Waals surface area (Å²) in [6, 6.07) is 170. The minimum Gasteiger partial charge on any atom is -0.311 e. The summed E-state index contributed by atoms with van der Waals surface area (Å²) < 4.78 is 2.45. The highest BCUT2D eigenvalue weighted by Gasteiger charge is 2.49. The maximum absolute atomic E-state index is 3.28. The van der Waals surface area contributed by atoms with E-state index in [0.717, 1.165) is 95.4 Å². The lowest BCUT2D eigenvalue weighted by Gasteiger charge is -2.46. The average Bonchev–Trinajstić information content (AvgIpc) is 0.853. The van der Waals surface area contributed by atoms with Crippen molar-refractivity contribution < 1.29 is 0 Å². The van der Waals surface area contributed by atoms with Gasteiger partial charge in [0.2, 0.25) is 0 Å². The van der Waals surface area contributed by atoms with Crippen LogP contribution < -0.4 is 67.7 Å². The summed E-state index contributed by atoms with van der Waals surface area (Å²) in [5.41, 5.74) is 30.1. The topological polar surface area (TPSA) is 11.4 Å². The summed E-state index contributed by atoms with van der Waals surface area (Å²) in [6.45, 7) is 27.5. The minimum atomic E-state index is -3.28. The molecular formula is C124H108BN3Si2. The predicted molar refractivity (Wildman–Crippen MR) is 564 cm³/mol. The first-order valence-electron chi connectivity index (χ1n) is 46.2. The van der Waals surface area contributed by atoms with Crippen LogP contribution in [-0.2, 0) is 21.7 Å². The molecule has 0 amide bonds. The second-order valence-corrected chi connectivity index (χ2v) is 47.7. The predicted octanol–water partition coefficient (Wildman–Crippen LogP) is 25.1. The summed E-state index contributed by atoms with van der Waals surface area (Å²) in [7, 11) is -6.57. The second kappa shape index (κ2) is 32.6. The van der Waals surface area contributed by atoms with E-state index in [1.165, 1.54) is 102 Å². The van der Waals surface area contributed by atoms with Crippen LogP contribution in [0.25, 0.3) is 83.1 Å². The zero-order valence-corrected chi connectivity index (χ0v) is 78.5. The highest BCUT2D eigenvalue weighted by Crippen LogP contribution is 2.50. The van der Waals surface area contributed by atoms with Crippen molar-refractivity contribution in [1.29, 1.82) is 0 Å². The van der Waals surface area contributed by atoms with Crippen molar-refractivity contribution in [3.8, 4) is 61.3 Å². The zero-order chi connectivity index (χ0) is 89.0. The highest BCUT2D eigenvalue weighted by atomic mass is 28.3. The van der Waals surface area contributed by atoms with Gasteiger partial charge in [-0.05, 0) is 242 Å². The first-order valence-corrected chi connectivity index (χ1v) is 50.2. The molecule has 0 aliphatic carbocycles. The molecule has 0 bridgehead atoms. The third-order valence-corrected chi connectivity index (χ3v) is 37.5. The number of nitrogens with zero attached hydrogens (tertiary/aromatic N) is 3. The molecule has 2 aliphatic heterocycles. The summed E-state index contributed by atoms with van der Waals surface area (Å²) >= 11 is 0. The van der Waals surface area contributed by atoms with Crippen molar-refractivity contribution in [2.75, 3.05) is 9.80 Å². The van der Waals surface area contributed by atoms with Gasteiger partial charge in [-0.2, -0.15) is 0 Å². The summed E-state index contributed by atoms with van der Waals surface area (Å²) in [6.07, 6.45) is 0. The average molecular weight is 1710 g/mol. The van der Waals surface area contributed by atoms with Crippen LogP contribution in [0, 0.1) is 0 Å². The molecule has 0 saturated carbocycles. The Morgan fingerprint density at radius 1 is 0.192 bits per heavy atom. The van der Waals surface area contributed by atoms with Crippen molar-refractivity contribution >= 4 is 137 Å². The van der Waals surface area contributed by atoms with Gasteiger partial charge in [0.25, 0.3) is 6.71 Å². The van der Waals surface area contributed by atoms with E-state index in [1.54, 1.807) is 0 Å². The van der Waals surface area contributed by atoms with Crippen molar-refractivity contribution in [3.05, 3.63) is 459 Å². The number of hydrogen-bond acceptors (Lipinski definition) is 2. The first kappa shape index (κ1) is 82.8. The molecule has 0 saturated heterocycles. The van der Waals surface area contributed by atoms with E-state index in [2.05, 4.69) is 534 Å². The van der Waals surface area contributed by atoms with Gasteiger partial charge in [-0.1, -0.05) is 435 Å².